The highest BCUT2D eigenvalue weighted by molar-refractivity contribution is 5.82. The molecule has 3 rings (SSSR count). The van der Waals surface area contributed by atoms with Crippen LogP contribution in [0.1, 0.15) is 24.3 Å². The minimum atomic E-state index is -0.157. The molecule has 0 amide bonds. The van der Waals surface area contributed by atoms with Gasteiger partial charge in [-0.1, -0.05) is 0 Å². The molecule has 0 atom stereocenters. The molecule has 1 aromatic carbocycles. The Hall–Kier alpha value is -1.38. The highest BCUT2D eigenvalue weighted by atomic mass is 19.1. The van der Waals surface area contributed by atoms with E-state index in [-0.39, 0.29) is 5.82 Å². The van der Waals surface area contributed by atoms with Crippen LogP contribution in [-0.2, 0) is 0 Å². The molecule has 1 aliphatic carbocycles. The summed E-state index contributed by atoms with van der Waals surface area (Å²) < 4.78 is 13.1. The maximum absolute atomic E-state index is 13.1. The van der Waals surface area contributed by atoms with Gasteiger partial charge in [0.15, 0.2) is 0 Å². The molecule has 1 aromatic heterocycles. The van der Waals surface area contributed by atoms with Crippen molar-refractivity contribution in [2.24, 2.45) is 0 Å². The van der Waals surface area contributed by atoms with Gasteiger partial charge in [0.25, 0.3) is 0 Å². The predicted octanol–water partition coefficient (Wildman–Crippen LogP) is 2.58. The molecule has 1 heterocycles. The molecule has 0 spiro atoms. The summed E-state index contributed by atoms with van der Waals surface area (Å²) in [6.45, 7) is 0. The molecule has 0 unspecified atom stereocenters. The fourth-order valence-electron chi connectivity index (χ4n) is 1.76. The van der Waals surface area contributed by atoms with E-state index in [2.05, 4.69) is 10.2 Å². The number of hydrogen-bond acceptors (Lipinski definition) is 1. The highest BCUT2D eigenvalue weighted by Gasteiger charge is 2.26. The second-order valence-corrected chi connectivity index (χ2v) is 3.60. The maximum atomic E-state index is 13.1. The Bertz CT molecular complexity index is 457. The number of nitrogens with zero attached hydrogens (tertiary/aromatic N) is 1. The largest absolute Gasteiger partial charge is 0.278 e. The standard InChI is InChI=1S/C10H9FN2/c11-8-3-7-5-12-13-10(7)9(4-8)6-1-2-6/h3-6H,1-2H2,(H,12,13). The number of hydrogen-bond donors (Lipinski definition) is 1. The van der Waals surface area contributed by atoms with Gasteiger partial charge in [-0.15, -0.1) is 0 Å². The number of nitrogens with one attached hydrogen (secondary N) is 1. The average Bonchev–Trinajstić information content (AvgIpc) is 2.84. The lowest BCUT2D eigenvalue weighted by Crippen LogP contribution is -1.85. The summed E-state index contributed by atoms with van der Waals surface area (Å²) in [4.78, 5) is 0. The second kappa shape index (κ2) is 2.31. The third-order valence-electron chi connectivity index (χ3n) is 2.56. The van der Waals surface area contributed by atoms with Crippen LogP contribution in [0.3, 0.4) is 0 Å². The monoisotopic (exact) mass is 176 g/mol. The Morgan fingerprint density at radius 3 is 3.00 bits per heavy atom. The quantitative estimate of drug-likeness (QED) is 0.710. The third kappa shape index (κ3) is 1.03. The minimum Gasteiger partial charge on any atom is -0.278 e. The summed E-state index contributed by atoms with van der Waals surface area (Å²) in [5.74, 6) is 0.398. The van der Waals surface area contributed by atoms with Gasteiger partial charge < -0.3 is 0 Å². The number of benzene rings is 1. The van der Waals surface area contributed by atoms with Gasteiger partial charge in [-0.05, 0) is 36.5 Å². The average molecular weight is 176 g/mol. The van der Waals surface area contributed by atoms with Gasteiger partial charge in [0.2, 0.25) is 0 Å². The van der Waals surface area contributed by atoms with E-state index in [4.69, 9.17) is 0 Å². The topological polar surface area (TPSA) is 28.7 Å². The molecule has 1 aliphatic rings. The predicted molar refractivity (Wildman–Crippen MR) is 48.0 cm³/mol. The number of rotatable bonds is 1. The number of aromatic nitrogens is 2. The van der Waals surface area contributed by atoms with Gasteiger partial charge in [-0.3, -0.25) is 5.10 Å². The third-order valence-corrected chi connectivity index (χ3v) is 2.56. The lowest BCUT2D eigenvalue weighted by Gasteiger charge is -1.99. The molecule has 1 N–H and O–H groups in total. The van der Waals surface area contributed by atoms with Crippen LogP contribution >= 0.6 is 0 Å². The van der Waals surface area contributed by atoms with Crippen molar-refractivity contribution in [2.75, 3.05) is 0 Å². The van der Waals surface area contributed by atoms with Crippen LogP contribution in [0.25, 0.3) is 10.9 Å². The Balaban J connectivity index is 2.33. The molecular formula is C10H9FN2. The fraction of sp³-hybridized carbons (Fsp3) is 0.300. The zero-order valence-corrected chi connectivity index (χ0v) is 7.05. The Kier molecular flexibility index (Phi) is 1.26. The molecule has 3 heteroatoms. The Morgan fingerprint density at radius 2 is 2.23 bits per heavy atom. The summed E-state index contributed by atoms with van der Waals surface area (Å²) >= 11 is 0. The van der Waals surface area contributed by atoms with E-state index in [9.17, 15) is 4.39 Å². The molecule has 0 radical (unpaired) electrons. The van der Waals surface area contributed by atoms with Crippen molar-refractivity contribution in [3.63, 3.8) is 0 Å². The van der Waals surface area contributed by atoms with Gasteiger partial charge in [0.05, 0.1) is 11.7 Å². The van der Waals surface area contributed by atoms with E-state index >= 15 is 0 Å². The first-order valence-electron chi connectivity index (χ1n) is 4.47. The molecule has 13 heavy (non-hydrogen) atoms. The molecule has 2 aromatic rings. The molecule has 0 bridgehead atoms. The van der Waals surface area contributed by atoms with Crippen LogP contribution in [0, 0.1) is 5.82 Å². The zero-order valence-electron chi connectivity index (χ0n) is 7.05. The van der Waals surface area contributed by atoms with E-state index in [1.807, 2.05) is 0 Å². The van der Waals surface area contributed by atoms with Crippen molar-refractivity contribution < 1.29 is 4.39 Å². The molecule has 1 saturated carbocycles. The molecule has 2 nitrogen and oxygen atoms in total. The van der Waals surface area contributed by atoms with Crippen molar-refractivity contribution >= 4 is 10.9 Å². The molecular weight excluding hydrogens is 167 g/mol. The van der Waals surface area contributed by atoms with Crippen molar-refractivity contribution in [3.05, 3.63) is 29.7 Å². The van der Waals surface area contributed by atoms with Crippen molar-refractivity contribution in [1.29, 1.82) is 0 Å². The van der Waals surface area contributed by atoms with Gasteiger partial charge in [0, 0.05) is 5.39 Å². The molecule has 1 fully saturated rings. The SMILES string of the molecule is Fc1cc(C2CC2)c2[nH]ncc2c1. The van der Waals surface area contributed by atoms with Crippen molar-refractivity contribution in [2.45, 2.75) is 18.8 Å². The zero-order chi connectivity index (χ0) is 8.84. The van der Waals surface area contributed by atoms with E-state index < -0.39 is 0 Å². The first-order chi connectivity index (χ1) is 6.34. The first-order valence-corrected chi connectivity index (χ1v) is 4.47. The summed E-state index contributed by atoms with van der Waals surface area (Å²) in [5.41, 5.74) is 2.09. The van der Waals surface area contributed by atoms with Crippen LogP contribution in [0.5, 0.6) is 0 Å². The van der Waals surface area contributed by atoms with Gasteiger partial charge in [-0.25, -0.2) is 4.39 Å². The number of aromatic amines is 1. The molecule has 66 valence electrons. The van der Waals surface area contributed by atoms with Gasteiger partial charge >= 0.3 is 0 Å². The summed E-state index contributed by atoms with van der Waals surface area (Å²) in [6.07, 6.45) is 4.03. The fourth-order valence-corrected chi connectivity index (χ4v) is 1.76. The van der Waals surface area contributed by atoms with Crippen LogP contribution in [0.2, 0.25) is 0 Å². The van der Waals surface area contributed by atoms with Gasteiger partial charge in [0.1, 0.15) is 5.82 Å². The highest BCUT2D eigenvalue weighted by Crippen LogP contribution is 2.42. The number of fused-ring (bicyclic) bond motifs is 1. The minimum absolute atomic E-state index is 0.157. The normalized spacial score (nSPS) is 16.7. The lowest BCUT2D eigenvalue weighted by molar-refractivity contribution is 0.627. The Morgan fingerprint density at radius 1 is 1.38 bits per heavy atom. The van der Waals surface area contributed by atoms with E-state index in [0.29, 0.717) is 5.92 Å². The van der Waals surface area contributed by atoms with Crippen LogP contribution in [0.4, 0.5) is 4.39 Å². The second-order valence-electron chi connectivity index (χ2n) is 3.60. The van der Waals surface area contributed by atoms with Crippen LogP contribution in [0.15, 0.2) is 18.3 Å². The van der Waals surface area contributed by atoms with Crippen LogP contribution < -0.4 is 0 Å². The summed E-state index contributed by atoms with van der Waals surface area (Å²) in [7, 11) is 0. The summed E-state index contributed by atoms with van der Waals surface area (Å²) in [6, 6.07) is 3.14. The first kappa shape index (κ1) is 7.06. The van der Waals surface area contributed by atoms with E-state index in [1.54, 1.807) is 12.3 Å². The van der Waals surface area contributed by atoms with E-state index in [1.165, 1.54) is 18.9 Å². The van der Waals surface area contributed by atoms with E-state index in [0.717, 1.165) is 16.5 Å². The molecule has 0 aliphatic heterocycles. The Labute approximate surface area is 74.8 Å². The lowest BCUT2D eigenvalue weighted by atomic mass is 10.1. The van der Waals surface area contributed by atoms with Crippen molar-refractivity contribution in [1.82, 2.24) is 10.2 Å². The molecule has 0 saturated heterocycles. The maximum Gasteiger partial charge on any atom is 0.124 e. The van der Waals surface area contributed by atoms with Crippen molar-refractivity contribution in [3.8, 4) is 0 Å². The number of H-pyrrole nitrogens is 1. The smallest absolute Gasteiger partial charge is 0.124 e. The number of halogens is 1. The summed E-state index contributed by atoms with van der Waals surface area (Å²) in [5, 5.41) is 7.72. The van der Waals surface area contributed by atoms with Crippen LogP contribution in [-0.4, -0.2) is 10.2 Å². The van der Waals surface area contributed by atoms with Gasteiger partial charge in [-0.2, -0.15) is 5.10 Å².